The Morgan fingerprint density at radius 1 is 1.37 bits per heavy atom. The van der Waals surface area contributed by atoms with Gasteiger partial charge in [-0.25, -0.2) is 9.36 Å². The first kappa shape index (κ1) is 12.7. The Balaban J connectivity index is 2.54. The minimum Gasteiger partial charge on any atom is -0.493 e. The summed E-state index contributed by atoms with van der Waals surface area (Å²) in [5.41, 5.74) is 0.596. The van der Waals surface area contributed by atoms with Gasteiger partial charge in [-0.1, -0.05) is 5.16 Å². The topological polar surface area (TPSA) is 90.3 Å². The summed E-state index contributed by atoms with van der Waals surface area (Å²) >= 11 is 0. The third kappa shape index (κ3) is 2.28. The van der Waals surface area contributed by atoms with Gasteiger partial charge in [0.1, 0.15) is 6.54 Å². The highest BCUT2D eigenvalue weighted by Crippen LogP contribution is 2.31. The fourth-order valence-electron chi connectivity index (χ4n) is 1.66. The monoisotopic (exact) mass is 261 g/mol. The van der Waals surface area contributed by atoms with Crippen LogP contribution in [-0.4, -0.2) is 23.9 Å². The summed E-state index contributed by atoms with van der Waals surface area (Å²) in [7, 11) is 3.03. The van der Waals surface area contributed by atoms with Crippen molar-refractivity contribution < 1.29 is 14.0 Å². The highest BCUT2D eigenvalue weighted by Gasteiger charge is 2.14. The van der Waals surface area contributed by atoms with Gasteiger partial charge < -0.3 is 9.47 Å². The highest BCUT2D eigenvalue weighted by molar-refractivity contribution is 5.61. The molecule has 2 rings (SSSR count). The van der Waals surface area contributed by atoms with E-state index in [0.717, 1.165) is 4.57 Å². The number of nitrogens with zero attached hydrogens (tertiary/aromatic N) is 3. The molecule has 0 bridgehead atoms. The molecule has 0 radical (unpaired) electrons. The lowest BCUT2D eigenvalue weighted by Gasteiger charge is -2.08. The van der Waals surface area contributed by atoms with Gasteiger partial charge in [-0.2, -0.15) is 5.26 Å². The Hall–Kier alpha value is -2.75. The zero-order valence-electron chi connectivity index (χ0n) is 10.4. The molecule has 2 aromatic rings. The fourth-order valence-corrected chi connectivity index (χ4v) is 1.66. The van der Waals surface area contributed by atoms with Crippen molar-refractivity contribution in [2.45, 2.75) is 6.54 Å². The maximum absolute atomic E-state index is 11.4. The molecule has 1 aromatic carbocycles. The summed E-state index contributed by atoms with van der Waals surface area (Å²) in [4.78, 5) is 11.4. The molecular weight excluding hydrogens is 250 g/mol. The van der Waals surface area contributed by atoms with Gasteiger partial charge in [0.2, 0.25) is 0 Å². The van der Waals surface area contributed by atoms with Gasteiger partial charge in [-0.15, -0.1) is 0 Å². The van der Waals surface area contributed by atoms with Gasteiger partial charge in [0, 0.05) is 5.56 Å². The molecule has 0 N–H and O–H groups in total. The van der Waals surface area contributed by atoms with E-state index in [-0.39, 0.29) is 12.4 Å². The van der Waals surface area contributed by atoms with Crippen molar-refractivity contribution in [2.75, 3.05) is 14.2 Å². The van der Waals surface area contributed by atoms with Crippen molar-refractivity contribution in [3.8, 4) is 29.0 Å². The summed E-state index contributed by atoms with van der Waals surface area (Å²) in [5.74, 6) is 0.654. The maximum Gasteiger partial charge on any atom is 0.442 e. The fraction of sp³-hybridized carbons (Fsp3) is 0.250. The Labute approximate surface area is 108 Å². The summed E-state index contributed by atoms with van der Waals surface area (Å²) in [6.45, 7) is -0.133. The van der Waals surface area contributed by atoms with E-state index in [1.807, 2.05) is 6.07 Å². The Bertz CT molecular complexity index is 681. The first-order chi connectivity index (χ1) is 9.21. The molecular formula is C12H11N3O4. The molecule has 0 fully saturated rings. The molecule has 7 heteroatoms. The normalized spacial score (nSPS) is 9.95. The molecule has 0 aliphatic heterocycles. The van der Waals surface area contributed by atoms with E-state index in [4.69, 9.17) is 14.7 Å². The third-order valence-corrected chi connectivity index (χ3v) is 2.56. The Kier molecular flexibility index (Phi) is 3.52. The van der Waals surface area contributed by atoms with Crippen molar-refractivity contribution in [1.29, 1.82) is 5.26 Å². The first-order valence-electron chi connectivity index (χ1n) is 5.37. The first-order valence-corrected chi connectivity index (χ1v) is 5.37. The van der Waals surface area contributed by atoms with E-state index in [9.17, 15) is 4.79 Å². The molecule has 0 aliphatic rings. The molecule has 0 aliphatic carbocycles. The van der Waals surface area contributed by atoms with Gasteiger partial charge in [-0.05, 0) is 18.2 Å². The standard InChI is InChI=1S/C12H11N3O4/c1-17-9-4-3-8(7-10(9)18-2)11-14-19-12(16)15(11)6-5-13/h3-4,7H,6H2,1-2H3. The average Bonchev–Trinajstić information content (AvgIpc) is 2.80. The quantitative estimate of drug-likeness (QED) is 0.816. The van der Waals surface area contributed by atoms with Gasteiger partial charge in [0.25, 0.3) is 0 Å². The Morgan fingerprint density at radius 2 is 2.11 bits per heavy atom. The Morgan fingerprint density at radius 3 is 2.74 bits per heavy atom. The van der Waals surface area contributed by atoms with Gasteiger partial charge >= 0.3 is 5.76 Å². The highest BCUT2D eigenvalue weighted by atomic mass is 16.5. The summed E-state index contributed by atoms with van der Waals surface area (Å²) in [6, 6.07) is 6.92. The summed E-state index contributed by atoms with van der Waals surface area (Å²) < 4.78 is 16.0. The third-order valence-electron chi connectivity index (χ3n) is 2.56. The molecule has 0 unspecified atom stereocenters. The van der Waals surface area contributed by atoms with Crippen molar-refractivity contribution in [3.05, 3.63) is 28.7 Å². The molecule has 7 nitrogen and oxygen atoms in total. The molecule has 0 amide bonds. The van der Waals surface area contributed by atoms with E-state index < -0.39 is 5.76 Å². The van der Waals surface area contributed by atoms with E-state index in [1.165, 1.54) is 14.2 Å². The number of methoxy groups -OCH3 is 2. The van der Waals surface area contributed by atoms with E-state index in [2.05, 4.69) is 9.68 Å². The number of rotatable bonds is 4. The van der Waals surface area contributed by atoms with Crippen LogP contribution in [0.25, 0.3) is 11.4 Å². The van der Waals surface area contributed by atoms with Crippen LogP contribution in [0.1, 0.15) is 0 Å². The van der Waals surface area contributed by atoms with Crippen LogP contribution in [0.15, 0.2) is 27.5 Å². The minimum absolute atomic E-state index is 0.133. The molecule has 1 aromatic heterocycles. The largest absolute Gasteiger partial charge is 0.493 e. The SMILES string of the molecule is COc1ccc(-c2noc(=O)n2CC#N)cc1OC. The van der Waals surface area contributed by atoms with Crippen LogP contribution < -0.4 is 15.2 Å². The lowest BCUT2D eigenvalue weighted by atomic mass is 10.2. The van der Waals surface area contributed by atoms with Crippen molar-refractivity contribution >= 4 is 0 Å². The molecule has 0 saturated carbocycles. The van der Waals surface area contributed by atoms with Crippen LogP contribution >= 0.6 is 0 Å². The zero-order chi connectivity index (χ0) is 13.8. The second-order valence-corrected chi connectivity index (χ2v) is 3.59. The second kappa shape index (κ2) is 5.27. The number of nitriles is 1. The molecule has 1 heterocycles. The zero-order valence-corrected chi connectivity index (χ0v) is 10.4. The average molecular weight is 261 g/mol. The van der Waals surface area contributed by atoms with E-state index in [0.29, 0.717) is 17.1 Å². The van der Waals surface area contributed by atoms with Crippen LogP contribution in [-0.2, 0) is 6.54 Å². The maximum atomic E-state index is 11.4. The molecule has 98 valence electrons. The molecule has 0 saturated heterocycles. The number of hydrogen-bond donors (Lipinski definition) is 0. The van der Waals surface area contributed by atoms with E-state index >= 15 is 0 Å². The number of hydrogen-bond acceptors (Lipinski definition) is 6. The van der Waals surface area contributed by atoms with Crippen LogP contribution in [0.5, 0.6) is 11.5 Å². The second-order valence-electron chi connectivity index (χ2n) is 3.59. The number of aromatic nitrogens is 2. The molecule has 0 atom stereocenters. The van der Waals surface area contributed by atoms with Crippen molar-refractivity contribution in [3.63, 3.8) is 0 Å². The molecule has 0 spiro atoms. The van der Waals surface area contributed by atoms with Gasteiger partial charge in [0.05, 0.1) is 20.3 Å². The van der Waals surface area contributed by atoms with Crippen molar-refractivity contribution in [1.82, 2.24) is 9.72 Å². The van der Waals surface area contributed by atoms with Crippen LogP contribution in [0.2, 0.25) is 0 Å². The minimum atomic E-state index is -0.675. The predicted molar refractivity (Wildman–Crippen MR) is 64.9 cm³/mol. The predicted octanol–water partition coefficient (Wildman–Crippen LogP) is 1.04. The number of benzene rings is 1. The van der Waals surface area contributed by atoms with E-state index in [1.54, 1.807) is 18.2 Å². The lowest BCUT2D eigenvalue weighted by Crippen LogP contribution is -2.14. The lowest BCUT2D eigenvalue weighted by molar-refractivity contribution is 0.355. The van der Waals surface area contributed by atoms with Crippen LogP contribution in [0.3, 0.4) is 0 Å². The summed E-state index contributed by atoms with van der Waals surface area (Å²) in [5, 5.41) is 12.4. The number of ether oxygens (including phenoxy) is 2. The molecule has 19 heavy (non-hydrogen) atoms. The van der Waals surface area contributed by atoms with Crippen LogP contribution in [0, 0.1) is 11.3 Å². The summed E-state index contributed by atoms with van der Waals surface area (Å²) in [6.07, 6.45) is 0. The van der Waals surface area contributed by atoms with Crippen molar-refractivity contribution in [2.24, 2.45) is 0 Å². The van der Waals surface area contributed by atoms with Crippen LogP contribution in [0.4, 0.5) is 0 Å². The smallest absolute Gasteiger partial charge is 0.442 e. The van der Waals surface area contributed by atoms with Gasteiger partial charge in [0.15, 0.2) is 17.3 Å². The van der Waals surface area contributed by atoms with Gasteiger partial charge in [-0.3, -0.25) is 4.52 Å².